The number of hydrogen-bond acceptors (Lipinski definition) is 4. The first-order valence-corrected chi connectivity index (χ1v) is 9.02. The number of hydrazone groups is 1. The highest BCUT2D eigenvalue weighted by Gasteiger charge is 2.34. The Bertz CT molecular complexity index is 694. The standard InChI is InChI=1S/C17H24BrN5O2/c1-10(2)22(11(3)4)7-8-23-14-6-5-12(18)9-13(14)15(16(23)24)20-21-17(19)25/h5-6,9-11H,7-8H2,1-4H3,(H3,19,21,25). The van der Waals surface area contributed by atoms with Crippen LogP contribution in [0.25, 0.3) is 0 Å². The molecule has 3 N–H and O–H groups in total. The molecule has 1 aliphatic heterocycles. The van der Waals surface area contributed by atoms with Gasteiger partial charge in [-0.2, -0.15) is 5.10 Å². The summed E-state index contributed by atoms with van der Waals surface area (Å²) >= 11 is 3.41. The lowest BCUT2D eigenvalue weighted by Crippen LogP contribution is -2.44. The van der Waals surface area contributed by atoms with E-state index in [1.165, 1.54) is 0 Å². The van der Waals surface area contributed by atoms with Gasteiger partial charge in [0.2, 0.25) is 0 Å². The number of amides is 3. The van der Waals surface area contributed by atoms with Crippen LogP contribution in [0, 0.1) is 0 Å². The van der Waals surface area contributed by atoms with Crippen LogP contribution in [0.5, 0.6) is 0 Å². The molecule has 1 aromatic rings. The molecule has 0 unspecified atom stereocenters. The summed E-state index contributed by atoms with van der Waals surface area (Å²) in [7, 11) is 0. The summed E-state index contributed by atoms with van der Waals surface area (Å²) in [5.74, 6) is -0.241. The van der Waals surface area contributed by atoms with Crippen molar-refractivity contribution >= 4 is 39.3 Å². The van der Waals surface area contributed by atoms with E-state index in [4.69, 9.17) is 5.73 Å². The number of hydrogen-bond donors (Lipinski definition) is 2. The predicted octanol–water partition coefficient (Wildman–Crippen LogP) is 2.29. The van der Waals surface area contributed by atoms with Gasteiger partial charge in [0.15, 0.2) is 5.71 Å². The Morgan fingerprint density at radius 1 is 1.32 bits per heavy atom. The van der Waals surface area contributed by atoms with E-state index in [0.717, 1.165) is 16.7 Å². The van der Waals surface area contributed by atoms with Gasteiger partial charge in [0.1, 0.15) is 0 Å². The minimum absolute atomic E-state index is 0.191. The normalized spacial score (nSPS) is 15.6. The average Bonchev–Trinajstić information content (AvgIpc) is 2.76. The topological polar surface area (TPSA) is 91.0 Å². The van der Waals surface area contributed by atoms with Crippen LogP contribution in [0.2, 0.25) is 0 Å². The number of nitrogens with two attached hydrogens (primary N) is 1. The molecule has 3 amide bonds. The molecule has 0 saturated heterocycles. The molecule has 136 valence electrons. The molecule has 0 saturated carbocycles. The highest BCUT2D eigenvalue weighted by atomic mass is 79.9. The van der Waals surface area contributed by atoms with Crippen LogP contribution in [-0.4, -0.2) is 47.7 Å². The number of nitrogens with zero attached hydrogens (tertiary/aromatic N) is 3. The number of carbonyl (C=O) groups excluding carboxylic acids is 2. The second-order valence-corrected chi connectivity index (χ2v) is 7.40. The Hall–Kier alpha value is -1.93. The van der Waals surface area contributed by atoms with Crippen molar-refractivity contribution < 1.29 is 9.59 Å². The summed E-state index contributed by atoms with van der Waals surface area (Å²) in [4.78, 5) is 27.8. The van der Waals surface area contributed by atoms with E-state index in [1.54, 1.807) is 4.90 Å². The lowest BCUT2D eigenvalue weighted by molar-refractivity contribution is -0.112. The number of fused-ring (bicyclic) bond motifs is 1. The summed E-state index contributed by atoms with van der Waals surface area (Å²) in [6, 6.07) is 5.53. The second kappa shape index (κ2) is 7.97. The number of halogens is 1. The first-order chi connectivity index (χ1) is 11.7. The van der Waals surface area contributed by atoms with Crippen molar-refractivity contribution in [1.82, 2.24) is 10.3 Å². The number of rotatable bonds is 6. The van der Waals surface area contributed by atoms with Crippen molar-refractivity contribution in [3.8, 4) is 0 Å². The van der Waals surface area contributed by atoms with Gasteiger partial charge < -0.3 is 10.6 Å². The van der Waals surface area contributed by atoms with Crippen LogP contribution in [0.1, 0.15) is 33.3 Å². The lowest BCUT2D eigenvalue weighted by atomic mass is 10.1. The van der Waals surface area contributed by atoms with E-state index >= 15 is 0 Å². The van der Waals surface area contributed by atoms with E-state index in [0.29, 0.717) is 24.2 Å². The van der Waals surface area contributed by atoms with Crippen LogP contribution in [0.15, 0.2) is 27.8 Å². The number of carbonyl (C=O) groups is 2. The fraction of sp³-hybridized carbons (Fsp3) is 0.471. The zero-order chi connectivity index (χ0) is 18.7. The van der Waals surface area contributed by atoms with Gasteiger partial charge in [-0.15, -0.1) is 0 Å². The van der Waals surface area contributed by atoms with Crippen molar-refractivity contribution in [3.05, 3.63) is 28.2 Å². The van der Waals surface area contributed by atoms with Crippen LogP contribution in [0.3, 0.4) is 0 Å². The molecule has 7 nitrogen and oxygen atoms in total. The molecular weight excluding hydrogens is 386 g/mol. The van der Waals surface area contributed by atoms with E-state index in [9.17, 15) is 9.59 Å². The third-order valence-electron chi connectivity index (χ3n) is 4.14. The molecular formula is C17H24BrN5O2. The zero-order valence-corrected chi connectivity index (χ0v) is 16.5. The minimum Gasteiger partial charge on any atom is -0.350 e. The van der Waals surface area contributed by atoms with Gasteiger partial charge in [-0.05, 0) is 45.9 Å². The Labute approximate surface area is 156 Å². The maximum absolute atomic E-state index is 12.8. The average molecular weight is 410 g/mol. The smallest absolute Gasteiger partial charge is 0.332 e. The van der Waals surface area contributed by atoms with E-state index in [2.05, 4.69) is 59.1 Å². The minimum atomic E-state index is -0.805. The summed E-state index contributed by atoms with van der Waals surface area (Å²) in [6.07, 6.45) is 0. The Morgan fingerprint density at radius 3 is 2.52 bits per heavy atom. The third-order valence-corrected chi connectivity index (χ3v) is 4.63. The first-order valence-electron chi connectivity index (χ1n) is 8.23. The third kappa shape index (κ3) is 4.38. The number of nitrogens with one attached hydrogen (secondary N) is 1. The van der Waals surface area contributed by atoms with Crippen LogP contribution < -0.4 is 16.1 Å². The molecule has 0 bridgehead atoms. The fourth-order valence-corrected chi connectivity index (χ4v) is 3.42. The summed E-state index contributed by atoms with van der Waals surface area (Å²) < 4.78 is 0.832. The maximum atomic E-state index is 12.8. The van der Waals surface area contributed by atoms with Crippen molar-refractivity contribution in [2.75, 3.05) is 18.0 Å². The van der Waals surface area contributed by atoms with Gasteiger partial charge >= 0.3 is 6.03 Å². The van der Waals surface area contributed by atoms with Crippen molar-refractivity contribution in [2.24, 2.45) is 10.8 Å². The highest BCUT2D eigenvalue weighted by Crippen LogP contribution is 2.31. The SMILES string of the molecule is CC(C)N(CCN1C(=O)C(=NNC(N)=O)c2cc(Br)ccc21)C(C)C. The predicted molar refractivity (Wildman–Crippen MR) is 103 cm³/mol. The highest BCUT2D eigenvalue weighted by molar-refractivity contribution is 9.10. The van der Waals surface area contributed by atoms with E-state index in [1.807, 2.05) is 18.2 Å². The molecule has 0 atom stereocenters. The van der Waals surface area contributed by atoms with Crippen LogP contribution in [0.4, 0.5) is 10.5 Å². The number of urea groups is 1. The molecule has 0 aromatic heterocycles. The molecule has 0 radical (unpaired) electrons. The zero-order valence-electron chi connectivity index (χ0n) is 14.9. The first kappa shape index (κ1) is 19.4. The summed E-state index contributed by atoms with van der Waals surface area (Å²) in [5, 5.41) is 3.90. The van der Waals surface area contributed by atoms with Gasteiger partial charge in [-0.3, -0.25) is 9.69 Å². The molecule has 1 aromatic carbocycles. The monoisotopic (exact) mass is 409 g/mol. The molecule has 25 heavy (non-hydrogen) atoms. The quantitative estimate of drug-likeness (QED) is 0.705. The van der Waals surface area contributed by atoms with E-state index in [-0.39, 0.29) is 11.6 Å². The van der Waals surface area contributed by atoms with Gasteiger partial charge in [0, 0.05) is 35.2 Å². The molecule has 1 aliphatic rings. The Balaban J connectivity index is 2.29. The second-order valence-electron chi connectivity index (χ2n) is 6.48. The molecule has 2 rings (SSSR count). The lowest BCUT2D eigenvalue weighted by Gasteiger charge is -2.32. The van der Waals surface area contributed by atoms with E-state index < -0.39 is 6.03 Å². The maximum Gasteiger partial charge on any atom is 0.332 e. The van der Waals surface area contributed by atoms with Crippen molar-refractivity contribution in [1.29, 1.82) is 0 Å². The molecule has 0 aliphatic carbocycles. The number of anilines is 1. The van der Waals surface area contributed by atoms with Gasteiger partial charge in [0.05, 0.1) is 5.69 Å². The van der Waals surface area contributed by atoms with Crippen LogP contribution in [-0.2, 0) is 4.79 Å². The van der Waals surface area contributed by atoms with Crippen molar-refractivity contribution in [2.45, 2.75) is 39.8 Å². The molecule has 0 fully saturated rings. The largest absolute Gasteiger partial charge is 0.350 e. The Morgan fingerprint density at radius 2 is 1.96 bits per heavy atom. The summed E-state index contributed by atoms with van der Waals surface area (Å²) in [6.45, 7) is 9.84. The van der Waals surface area contributed by atoms with Gasteiger partial charge in [0.25, 0.3) is 5.91 Å². The van der Waals surface area contributed by atoms with Crippen molar-refractivity contribution in [3.63, 3.8) is 0 Å². The molecule has 0 spiro atoms. The fourth-order valence-electron chi connectivity index (χ4n) is 3.05. The summed E-state index contributed by atoms with van der Waals surface area (Å²) in [5.41, 5.74) is 8.87. The number of benzene rings is 1. The van der Waals surface area contributed by atoms with Gasteiger partial charge in [-0.25, -0.2) is 10.2 Å². The van der Waals surface area contributed by atoms with Crippen LogP contribution >= 0.6 is 15.9 Å². The number of primary amides is 1. The Kier molecular flexibility index (Phi) is 6.18. The molecule has 1 heterocycles. The van der Waals surface area contributed by atoms with Gasteiger partial charge in [-0.1, -0.05) is 15.9 Å². The molecule has 8 heteroatoms.